The lowest BCUT2D eigenvalue weighted by Gasteiger charge is -2.35. The van der Waals surface area contributed by atoms with Crippen molar-refractivity contribution in [1.29, 1.82) is 0 Å². The lowest BCUT2D eigenvalue weighted by atomic mass is 9.76. The lowest BCUT2D eigenvalue weighted by molar-refractivity contribution is -0.150. The molecule has 1 N–H and O–H groups in total. The number of aromatic nitrogens is 2. The molecule has 2 aliphatic rings. The van der Waals surface area contributed by atoms with E-state index in [1.54, 1.807) is 25.6 Å². The number of carbonyl (C=O) groups excluding carboxylic acids is 1. The Morgan fingerprint density at radius 2 is 1.86 bits per heavy atom. The van der Waals surface area contributed by atoms with Crippen LogP contribution < -0.4 is 0 Å². The van der Waals surface area contributed by atoms with Crippen LogP contribution in [0.3, 0.4) is 0 Å². The van der Waals surface area contributed by atoms with Crippen LogP contribution in [0.25, 0.3) is 0 Å². The molecule has 0 radical (unpaired) electrons. The van der Waals surface area contributed by atoms with Crippen LogP contribution in [0.2, 0.25) is 0 Å². The van der Waals surface area contributed by atoms with E-state index >= 15 is 0 Å². The highest BCUT2D eigenvalue weighted by Gasteiger charge is 2.51. The highest BCUT2D eigenvalue weighted by atomic mass is 32.2. The van der Waals surface area contributed by atoms with E-state index in [0.717, 1.165) is 0 Å². The number of esters is 1. The van der Waals surface area contributed by atoms with E-state index < -0.39 is 15.4 Å². The van der Waals surface area contributed by atoms with Gasteiger partial charge in [-0.05, 0) is 40.8 Å². The number of aryl methyl sites for hydroxylation is 2. The van der Waals surface area contributed by atoms with Crippen molar-refractivity contribution in [3.63, 3.8) is 0 Å². The molecule has 11 heteroatoms. The molecule has 1 spiro atoms. The second-order valence-electron chi connectivity index (χ2n) is 7.91. The number of ether oxygens (including phenoxy) is 1. The Labute approximate surface area is 171 Å². The summed E-state index contributed by atoms with van der Waals surface area (Å²) in [6.45, 7) is 4.59. The van der Waals surface area contributed by atoms with Crippen molar-refractivity contribution >= 4 is 22.5 Å². The van der Waals surface area contributed by atoms with Crippen molar-refractivity contribution in [1.82, 2.24) is 19.0 Å². The minimum absolute atomic E-state index is 0.108. The van der Waals surface area contributed by atoms with Gasteiger partial charge in [0.05, 0.1) is 16.8 Å². The highest BCUT2D eigenvalue weighted by molar-refractivity contribution is 7.89. The molecule has 1 atom stereocenters. The minimum Gasteiger partial charge on any atom is -0.483 e. The summed E-state index contributed by atoms with van der Waals surface area (Å²) >= 11 is 0. The van der Waals surface area contributed by atoms with Crippen LogP contribution in [-0.4, -0.2) is 84.8 Å². The molecule has 0 aliphatic carbocycles. The average Bonchev–Trinajstić information content (AvgIpc) is 3.04. The van der Waals surface area contributed by atoms with Gasteiger partial charge in [-0.15, -0.1) is 0 Å². The maximum atomic E-state index is 13.1. The summed E-state index contributed by atoms with van der Waals surface area (Å²) < 4.78 is 34.8. The van der Waals surface area contributed by atoms with E-state index in [2.05, 4.69) is 5.10 Å². The molecule has 0 aromatic carbocycles. The van der Waals surface area contributed by atoms with Gasteiger partial charge in [0.25, 0.3) is 6.47 Å². The third-order valence-electron chi connectivity index (χ3n) is 5.61. The normalized spacial score (nSPS) is 21.7. The first-order valence-electron chi connectivity index (χ1n) is 9.42. The van der Waals surface area contributed by atoms with Crippen LogP contribution in [0, 0.1) is 19.3 Å². The van der Waals surface area contributed by atoms with Gasteiger partial charge in [0.2, 0.25) is 10.0 Å². The van der Waals surface area contributed by atoms with Crippen molar-refractivity contribution in [3.05, 3.63) is 11.4 Å². The molecule has 10 nitrogen and oxygen atoms in total. The van der Waals surface area contributed by atoms with Gasteiger partial charge in [-0.3, -0.25) is 14.3 Å². The molecule has 2 saturated heterocycles. The number of carboxylic acid groups (broad SMARTS) is 1. The van der Waals surface area contributed by atoms with Gasteiger partial charge in [-0.25, -0.2) is 8.42 Å². The topological polar surface area (TPSA) is 122 Å². The molecule has 0 bridgehead atoms. The number of likely N-dealkylation sites (N-methyl/N-ethyl adjacent to an activating group) is 1. The number of nitrogens with zero attached hydrogens (tertiary/aromatic N) is 4. The summed E-state index contributed by atoms with van der Waals surface area (Å²) in [6.07, 6.45) is 1.58. The van der Waals surface area contributed by atoms with Gasteiger partial charge >= 0.3 is 5.97 Å². The van der Waals surface area contributed by atoms with Crippen molar-refractivity contribution < 1.29 is 27.9 Å². The van der Waals surface area contributed by atoms with Crippen LogP contribution in [0.15, 0.2) is 4.90 Å². The number of hydrogen-bond donors (Lipinski definition) is 1. The average molecular weight is 431 g/mol. The number of rotatable bonds is 4. The fraction of sp³-hybridized carbons (Fsp3) is 0.722. The quantitative estimate of drug-likeness (QED) is 0.538. The van der Waals surface area contributed by atoms with Crippen molar-refractivity contribution in [2.24, 2.45) is 12.5 Å². The predicted molar refractivity (Wildman–Crippen MR) is 105 cm³/mol. The van der Waals surface area contributed by atoms with Crippen LogP contribution in [0.5, 0.6) is 0 Å². The first-order valence-corrected chi connectivity index (χ1v) is 10.9. The van der Waals surface area contributed by atoms with Crippen LogP contribution in [-0.2, 0) is 31.4 Å². The second kappa shape index (κ2) is 8.80. The number of carbonyl (C=O) groups is 2. The molecule has 0 amide bonds. The summed E-state index contributed by atoms with van der Waals surface area (Å²) in [6, 6.07) is 0. The second-order valence-corrected chi connectivity index (χ2v) is 9.78. The molecule has 1 aromatic heterocycles. The van der Waals surface area contributed by atoms with Crippen LogP contribution >= 0.6 is 0 Å². The predicted octanol–water partition coefficient (Wildman–Crippen LogP) is 0.386. The Kier molecular flexibility index (Phi) is 7.07. The van der Waals surface area contributed by atoms with E-state index in [4.69, 9.17) is 14.6 Å². The third kappa shape index (κ3) is 4.62. The largest absolute Gasteiger partial charge is 0.483 e. The van der Waals surface area contributed by atoms with E-state index in [9.17, 15) is 13.2 Å². The lowest BCUT2D eigenvalue weighted by Crippen LogP contribution is -2.45. The first-order chi connectivity index (χ1) is 13.5. The number of cyclic esters (lactones) is 1. The van der Waals surface area contributed by atoms with Crippen molar-refractivity contribution in [2.75, 3.05) is 33.7 Å². The number of hydrogen-bond acceptors (Lipinski definition) is 7. The van der Waals surface area contributed by atoms with Gasteiger partial charge < -0.3 is 14.7 Å². The number of piperidine rings is 1. The van der Waals surface area contributed by atoms with Gasteiger partial charge in [0.1, 0.15) is 11.0 Å². The van der Waals surface area contributed by atoms with Crippen molar-refractivity contribution in [3.8, 4) is 0 Å². The summed E-state index contributed by atoms with van der Waals surface area (Å²) in [5.41, 5.74) is 0.608. The fourth-order valence-electron chi connectivity index (χ4n) is 4.17. The summed E-state index contributed by atoms with van der Waals surface area (Å²) in [7, 11) is 2.03. The van der Waals surface area contributed by atoms with E-state index in [1.807, 2.05) is 19.0 Å². The minimum atomic E-state index is -3.61. The van der Waals surface area contributed by atoms with E-state index in [-0.39, 0.29) is 23.4 Å². The maximum absolute atomic E-state index is 13.1. The van der Waals surface area contributed by atoms with E-state index in [0.29, 0.717) is 50.3 Å². The number of sulfonamides is 1. The molecule has 3 heterocycles. The van der Waals surface area contributed by atoms with Gasteiger partial charge in [0.15, 0.2) is 0 Å². The summed E-state index contributed by atoms with van der Waals surface area (Å²) in [4.78, 5) is 23.1. The van der Waals surface area contributed by atoms with Gasteiger partial charge in [-0.2, -0.15) is 9.40 Å². The van der Waals surface area contributed by atoms with Gasteiger partial charge in [0, 0.05) is 33.1 Å². The zero-order valence-electron chi connectivity index (χ0n) is 17.6. The Hall–Kier alpha value is -1.98. The maximum Gasteiger partial charge on any atom is 0.312 e. The Morgan fingerprint density at radius 3 is 2.31 bits per heavy atom. The molecular weight excluding hydrogens is 400 g/mol. The van der Waals surface area contributed by atoms with Crippen molar-refractivity contribution in [2.45, 2.75) is 44.1 Å². The molecule has 2 aliphatic heterocycles. The van der Waals surface area contributed by atoms with Crippen LogP contribution in [0.1, 0.15) is 30.7 Å². The molecule has 1 unspecified atom stereocenters. The zero-order chi connectivity index (χ0) is 22.0. The van der Waals surface area contributed by atoms with Crippen LogP contribution in [0.4, 0.5) is 0 Å². The Bertz CT molecular complexity index is 856. The monoisotopic (exact) mass is 430 g/mol. The summed E-state index contributed by atoms with van der Waals surface area (Å²) in [5, 5.41) is 11.1. The standard InChI is InChI=1S/C17H28N4O4S.CH2O2/c1-12-15(13(2)20(5)18-12)26(23,24)21-8-6-17(7-9-21)10-14(11-19(3)4)25-16(17)22;2-1-3/h14H,6-11H2,1-5H3;1H,(H,2,3). The molecule has 1 aromatic rings. The fourth-order valence-corrected chi connectivity index (χ4v) is 6.01. The Balaban J connectivity index is 0.000000941. The Morgan fingerprint density at radius 1 is 1.31 bits per heavy atom. The first kappa shape index (κ1) is 23.3. The van der Waals surface area contributed by atoms with E-state index in [1.165, 1.54) is 4.31 Å². The van der Waals surface area contributed by atoms with Gasteiger partial charge in [-0.1, -0.05) is 0 Å². The summed E-state index contributed by atoms with van der Waals surface area (Å²) in [5.74, 6) is -0.171. The molecule has 2 fully saturated rings. The SMILES string of the molecule is Cc1nn(C)c(C)c1S(=O)(=O)N1CCC2(CC1)CC(CN(C)C)OC2=O.O=CO. The molecule has 29 heavy (non-hydrogen) atoms. The molecule has 164 valence electrons. The molecular formula is C18H30N4O6S. The molecule has 3 rings (SSSR count). The smallest absolute Gasteiger partial charge is 0.312 e. The molecule has 0 saturated carbocycles. The zero-order valence-corrected chi connectivity index (χ0v) is 18.4. The third-order valence-corrected chi connectivity index (χ3v) is 7.77. The highest BCUT2D eigenvalue weighted by Crippen LogP contribution is 2.44.